The summed E-state index contributed by atoms with van der Waals surface area (Å²) in [5.41, 5.74) is 12.2. The molecule has 1 amide bonds. The number of nitrogens with two attached hydrogens (primary N) is 2. The van der Waals surface area contributed by atoms with Gasteiger partial charge in [-0.2, -0.15) is 0 Å². The third-order valence-corrected chi connectivity index (χ3v) is 2.10. The number of carbonyl (C=O) groups is 1. The standard InChI is InChI=1S/C11H10N4O/c12-10-9(11(13)16)14-6-8(15-10)7-4-2-1-3-5-7/h1-6H,(H2,12,15)(H2,13,16). The summed E-state index contributed by atoms with van der Waals surface area (Å²) >= 11 is 0. The van der Waals surface area contributed by atoms with Crippen molar-refractivity contribution in [2.75, 3.05) is 5.73 Å². The van der Waals surface area contributed by atoms with Crippen molar-refractivity contribution in [3.8, 4) is 11.3 Å². The molecule has 1 aromatic carbocycles. The van der Waals surface area contributed by atoms with E-state index in [9.17, 15) is 4.79 Å². The van der Waals surface area contributed by atoms with E-state index in [0.29, 0.717) is 5.69 Å². The third kappa shape index (κ3) is 1.83. The van der Waals surface area contributed by atoms with Crippen LogP contribution >= 0.6 is 0 Å². The zero-order valence-electron chi connectivity index (χ0n) is 8.42. The number of benzene rings is 1. The van der Waals surface area contributed by atoms with E-state index in [-0.39, 0.29) is 11.5 Å². The fraction of sp³-hybridized carbons (Fsp3) is 0. The molecule has 5 heteroatoms. The average molecular weight is 214 g/mol. The molecule has 0 radical (unpaired) electrons. The fourth-order valence-corrected chi connectivity index (χ4v) is 1.34. The summed E-state index contributed by atoms with van der Waals surface area (Å²) in [7, 11) is 0. The van der Waals surface area contributed by atoms with E-state index < -0.39 is 5.91 Å². The minimum atomic E-state index is -0.676. The van der Waals surface area contributed by atoms with Crippen LogP contribution in [0.25, 0.3) is 11.3 Å². The molecule has 0 saturated carbocycles. The number of hydrogen-bond donors (Lipinski definition) is 2. The second-order valence-corrected chi connectivity index (χ2v) is 3.22. The summed E-state index contributed by atoms with van der Waals surface area (Å²) in [6.45, 7) is 0. The molecule has 0 atom stereocenters. The largest absolute Gasteiger partial charge is 0.382 e. The van der Waals surface area contributed by atoms with Gasteiger partial charge in [-0.15, -0.1) is 0 Å². The van der Waals surface area contributed by atoms with Crippen molar-refractivity contribution < 1.29 is 4.79 Å². The first-order valence-corrected chi connectivity index (χ1v) is 4.66. The first kappa shape index (κ1) is 10.1. The van der Waals surface area contributed by atoms with Crippen LogP contribution in [-0.2, 0) is 0 Å². The zero-order chi connectivity index (χ0) is 11.5. The van der Waals surface area contributed by atoms with E-state index in [0.717, 1.165) is 5.56 Å². The smallest absolute Gasteiger partial charge is 0.271 e. The van der Waals surface area contributed by atoms with Crippen molar-refractivity contribution >= 4 is 11.7 Å². The molecule has 80 valence electrons. The second-order valence-electron chi connectivity index (χ2n) is 3.22. The van der Waals surface area contributed by atoms with Crippen LogP contribution in [0, 0.1) is 0 Å². The monoisotopic (exact) mass is 214 g/mol. The van der Waals surface area contributed by atoms with Crippen molar-refractivity contribution in [2.24, 2.45) is 5.73 Å². The van der Waals surface area contributed by atoms with Crippen LogP contribution in [0.15, 0.2) is 36.5 Å². The summed E-state index contributed by atoms with van der Waals surface area (Å²) in [5.74, 6) is -0.626. The third-order valence-electron chi connectivity index (χ3n) is 2.10. The SMILES string of the molecule is NC(=O)c1ncc(-c2ccccc2)nc1N. The molecule has 5 nitrogen and oxygen atoms in total. The Hall–Kier alpha value is -2.43. The van der Waals surface area contributed by atoms with Gasteiger partial charge in [-0.05, 0) is 0 Å². The maximum atomic E-state index is 10.9. The van der Waals surface area contributed by atoms with Crippen LogP contribution in [0.2, 0.25) is 0 Å². The number of hydrogen-bond acceptors (Lipinski definition) is 4. The molecule has 2 rings (SSSR count). The molecule has 2 aromatic rings. The van der Waals surface area contributed by atoms with E-state index >= 15 is 0 Å². The predicted molar refractivity (Wildman–Crippen MR) is 60.4 cm³/mol. The van der Waals surface area contributed by atoms with Crippen LogP contribution in [-0.4, -0.2) is 15.9 Å². The van der Waals surface area contributed by atoms with Crippen molar-refractivity contribution in [3.05, 3.63) is 42.2 Å². The molecule has 1 aromatic heterocycles. The Morgan fingerprint density at radius 3 is 2.44 bits per heavy atom. The van der Waals surface area contributed by atoms with Gasteiger partial charge in [0.25, 0.3) is 5.91 Å². The molecule has 16 heavy (non-hydrogen) atoms. The van der Waals surface area contributed by atoms with Gasteiger partial charge in [0.2, 0.25) is 0 Å². The normalized spacial score (nSPS) is 10.0. The lowest BCUT2D eigenvalue weighted by Crippen LogP contribution is -2.16. The number of nitrogens with zero attached hydrogens (tertiary/aromatic N) is 2. The maximum absolute atomic E-state index is 10.9. The topological polar surface area (TPSA) is 94.9 Å². The van der Waals surface area contributed by atoms with Crippen LogP contribution in [0.3, 0.4) is 0 Å². The molecule has 0 spiro atoms. The van der Waals surface area contributed by atoms with E-state index in [2.05, 4.69) is 9.97 Å². The maximum Gasteiger partial charge on any atom is 0.271 e. The quantitative estimate of drug-likeness (QED) is 0.773. The van der Waals surface area contributed by atoms with Crippen LogP contribution in [0.1, 0.15) is 10.5 Å². The van der Waals surface area contributed by atoms with Gasteiger partial charge in [0.1, 0.15) is 0 Å². The highest BCUT2D eigenvalue weighted by Gasteiger charge is 2.10. The summed E-state index contributed by atoms with van der Waals surface area (Å²) in [6.07, 6.45) is 1.48. The van der Waals surface area contributed by atoms with Gasteiger partial charge >= 0.3 is 0 Å². The van der Waals surface area contributed by atoms with Crippen molar-refractivity contribution in [3.63, 3.8) is 0 Å². The lowest BCUT2D eigenvalue weighted by Gasteiger charge is -2.03. The number of amides is 1. The van der Waals surface area contributed by atoms with Gasteiger partial charge in [-0.25, -0.2) is 9.97 Å². The highest BCUT2D eigenvalue weighted by atomic mass is 16.1. The Bertz CT molecular complexity index is 525. The minimum Gasteiger partial charge on any atom is -0.382 e. The molecule has 0 aliphatic rings. The predicted octanol–water partition coefficient (Wildman–Crippen LogP) is 0.825. The lowest BCUT2D eigenvalue weighted by molar-refractivity contribution is 0.0996. The Kier molecular flexibility index (Phi) is 2.51. The van der Waals surface area contributed by atoms with E-state index in [4.69, 9.17) is 11.5 Å². The Morgan fingerprint density at radius 1 is 1.19 bits per heavy atom. The summed E-state index contributed by atoms with van der Waals surface area (Å²) in [5, 5.41) is 0. The molecule has 4 N–H and O–H groups in total. The number of anilines is 1. The summed E-state index contributed by atoms with van der Waals surface area (Å²) in [4.78, 5) is 18.9. The number of rotatable bonds is 2. The molecule has 0 aliphatic heterocycles. The highest BCUT2D eigenvalue weighted by molar-refractivity contribution is 5.95. The summed E-state index contributed by atoms with van der Waals surface area (Å²) < 4.78 is 0. The number of carbonyl (C=O) groups excluding carboxylic acids is 1. The minimum absolute atomic E-state index is 0.000295. The Labute approximate surface area is 92.1 Å². The highest BCUT2D eigenvalue weighted by Crippen LogP contribution is 2.17. The zero-order valence-corrected chi connectivity index (χ0v) is 8.42. The number of nitrogen functional groups attached to an aromatic ring is 1. The average Bonchev–Trinajstić information content (AvgIpc) is 2.29. The number of primary amides is 1. The van der Waals surface area contributed by atoms with Crippen LogP contribution in [0.5, 0.6) is 0 Å². The Balaban J connectivity index is 2.46. The summed E-state index contributed by atoms with van der Waals surface area (Å²) in [6, 6.07) is 9.43. The molecule has 0 unspecified atom stereocenters. The second kappa shape index (κ2) is 3.98. The molecule has 0 bridgehead atoms. The molecule has 1 heterocycles. The van der Waals surface area contributed by atoms with Gasteiger partial charge in [0.05, 0.1) is 11.9 Å². The molecular weight excluding hydrogens is 204 g/mol. The van der Waals surface area contributed by atoms with Gasteiger partial charge in [0.15, 0.2) is 11.5 Å². The van der Waals surface area contributed by atoms with Gasteiger partial charge < -0.3 is 11.5 Å². The van der Waals surface area contributed by atoms with E-state index in [1.807, 2.05) is 30.3 Å². The molecule has 0 aliphatic carbocycles. The van der Waals surface area contributed by atoms with E-state index in [1.165, 1.54) is 6.20 Å². The lowest BCUT2D eigenvalue weighted by atomic mass is 10.1. The number of aromatic nitrogens is 2. The van der Waals surface area contributed by atoms with Crippen LogP contribution in [0.4, 0.5) is 5.82 Å². The van der Waals surface area contributed by atoms with Crippen molar-refractivity contribution in [1.29, 1.82) is 0 Å². The first-order valence-electron chi connectivity index (χ1n) is 4.66. The van der Waals surface area contributed by atoms with Crippen LogP contribution < -0.4 is 11.5 Å². The van der Waals surface area contributed by atoms with Crippen molar-refractivity contribution in [1.82, 2.24) is 9.97 Å². The molecule has 0 fully saturated rings. The first-order chi connectivity index (χ1) is 7.68. The van der Waals surface area contributed by atoms with Gasteiger partial charge in [0, 0.05) is 5.56 Å². The van der Waals surface area contributed by atoms with Gasteiger partial charge in [-0.3, -0.25) is 4.79 Å². The molecule has 0 saturated heterocycles. The Morgan fingerprint density at radius 2 is 1.88 bits per heavy atom. The van der Waals surface area contributed by atoms with Gasteiger partial charge in [-0.1, -0.05) is 30.3 Å². The van der Waals surface area contributed by atoms with Crippen molar-refractivity contribution in [2.45, 2.75) is 0 Å². The van der Waals surface area contributed by atoms with E-state index in [1.54, 1.807) is 0 Å². The molecular formula is C11H10N4O. The fourth-order valence-electron chi connectivity index (χ4n) is 1.34.